The van der Waals surface area contributed by atoms with Crippen LogP contribution < -0.4 is 0 Å². The molecule has 3 aromatic rings. The van der Waals surface area contributed by atoms with Crippen molar-refractivity contribution in [2.24, 2.45) is 0 Å². The number of aryl methyl sites for hydroxylation is 2. The van der Waals surface area contributed by atoms with E-state index in [1.54, 1.807) is 0 Å². The molecule has 1 aromatic heterocycles. The van der Waals surface area contributed by atoms with Crippen LogP contribution in [0.4, 0.5) is 0 Å². The highest BCUT2D eigenvalue weighted by molar-refractivity contribution is 8.00. The highest BCUT2D eigenvalue weighted by Gasteiger charge is 2.17. The van der Waals surface area contributed by atoms with Gasteiger partial charge in [-0.2, -0.15) is 0 Å². The summed E-state index contributed by atoms with van der Waals surface area (Å²) in [7, 11) is 0. The zero-order valence-corrected chi connectivity index (χ0v) is 18.5. The lowest BCUT2D eigenvalue weighted by atomic mass is 9.90. The molecule has 6 heteroatoms. The summed E-state index contributed by atoms with van der Waals surface area (Å²) in [5.41, 5.74) is 4.51. The summed E-state index contributed by atoms with van der Waals surface area (Å²) in [6.07, 6.45) is 4.70. The third-order valence-electron chi connectivity index (χ3n) is 6.09. The summed E-state index contributed by atoms with van der Waals surface area (Å²) in [6, 6.07) is 14.3. The van der Waals surface area contributed by atoms with Crippen LogP contribution in [0.25, 0.3) is 10.9 Å². The molecule has 5 rings (SSSR count). The van der Waals surface area contributed by atoms with Gasteiger partial charge in [0.05, 0.1) is 31.0 Å². The highest BCUT2D eigenvalue weighted by Crippen LogP contribution is 2.27. The lowest BCUT2D eigenvalue weighted by Crippen LogP contribution is -2.36. The number of hydrogen-bond acceptors (Lipinski definition) is 6. The second-order valence-electron chi connectivity index (χ2n) is 8.25. The lowest BCUT2D eigenvalue weighted by Gasteiger charge is -2.25. The number of thioether (sulfide) groups is 1. The van der Waals surface area contributed by atoms with Crippen LogP contribution in [0, 0.1) is 0 Å². The van der Waals surface area contributed by atoms with E-state index >= 15 is 0 Å². The van der Waals surface area contributed by atoms with Gasteiger partial charge in [-0.25, -0.2) is 9.97 Å². The molecule has 2 aromatic carbocycles. The summed E-state index contributed by atoms with van der Waals surface area (Å²) < 4.78 is 5.45. The van der Waals surface area contributed by atoms with Crippen LogP contribution in [0.2, 0.25) is 0 Å². The quantitative estimate of drug-likeness (QED) is 0.328. The fraction of sp³-hybridized carbons (Fsp3) is 0.400. The van der Waals surface area contributed by atoms with Crippen molar-refractivity contribution in [1.82, 2.24) is 14.9 Å². The number of para-hydroxylation sites is 1. The van der Waals surface area contributed by atoms with E-state index in [1.165, 1.54) is 35.7 Å². The molecule has 0 spiro atoms. The van der Waals surface area contributed by atoms with Gasteiger partial charge in [-0.15, -0.1) is 0 Å². The predicted octanol–water partition coefficient (Wildman–Crippen LogP) is 4.32. The number of ether oxygens (including phenoxy) is 1. The van der Waals surface area contributed by atoms with Crippen LogP contribution >= 0.6 is 11.8 Å². The second kappa shape index (κ2) is 9.47. The maximum absolute atomic E-state index is 13.0. The Kier molecular flexibility index (Phi) is 6.30. The first kappa shape index (κ1) is 20.6. The Labute approximate surface area is 187 Å². The minimum atomic E-state index is 0.163. The van der Waals surface area contributed by atoms with Gasteiger partial charge < -0.3 is 4.74 Å². The maximum atomic E-state index is 13.0. The van der Waals surface area contributed by atoms with Crippen molar-refractivity contribution in [3.8, 4) is 0 Å². The number of aromatic nitrogens is 2. The van der Waals surface area contributed by atoms with Gasteiger partial charge >= 0.3 is 0 Å². The molecule has 0 amide bonds. The standard InChI is InChI=1S/C25H27N3O2S/c29-23(20-10-9-18-5-1-2-6-19(18)15-20)17-31-25-21-7-3-4-8-22(21)26-24(27-25)16-28-11-13-30-14-12-28/h3-4,7-10,15H,1-2,5-6,11-14,16-17H2. The first-order chi connectivity index (χ1) is 15.3. The zero-order valence-electron chi connectivity index (χ0n) is 17.7. The zero-order chi connectivity index (χ0) is 21.0. The molecule has 0 atom stereocenters. The van der Waals surface area contributed by atoms with Gasteiger partial charge in [0, 0.05) is 24.0 Å². The number of rotatable bonds is 6. The largest absolute Gasteiger partial charge is 0.379 e. The number of Topliss-reactive ketones (excluding diaryl/α,β-unsaturated/α-hetero) is 1. The minimum absolute atomic E-state index is 0.163. The molecule has 0 radical (unpaired) electrons. The summed E-state index contributed by atoms with van der Waals surface area (Å²) >= 11 is 1.52. The van der Waals surface area contributed by atoms with Crippen molar-refractivity contribution in [3.05, 3.63) is 65.0 Å². The van der Waals surface area contributed by atoms with Crippen LogP contribution in [-0.4, -0.2) is 52.7 Å². The summed E-state index contributed by atoms with van der Waals surface area (Å²) in [5.74, 6) is 1.36. The van der Waals surface area contributed by atoms with Crippen LogP contribution in [0.3, 0.4) is 0 Å². The van der Waals surface area contributed by atoms with E-state index < -0.39 is 0 Å². The number of hydrogen-bond donors (Lipinski definition) is 0. The minimum Gasteiger partial charge on any atom is -0.379 e. The Balaban J connectivity index is 1.34. The molecule has 0 N–H and O–H groups in total. The molecule has 1 aliphatic carbocycles. The number of fused-ring (bicyclic) bond motifs is 2. The fourth-order valence-electron chi connectivity index (χ4n) is 4.36. The van der Waals surface area contributed by atoms with Gasteiger partial charge in [0.15, 0.2) is 5.78 Å². The van der Waals surface area contributed by atoms with Crippen molar-refractivity contribution in [1.29, 1.82) is 0 Å². The third-order valence-corrected chi connectivity index (χ3v) is 7.08. The van der Waals surface area contributed by atoms with Gasteiger partial charge in [0.1, 0.15) is 10.9 Å². The summed E-state index contributed by atoms with van der Waals surface area (Å²) in [6.45, 7) is 4.01. The van der Waals surface area contributed by atoms with Gasteiger partial charge in [0.2, 0.25) is 0 Å². The molecule has 160 valence electrons. The first-order valence-corrected chi connectivity index (χ1v) is 12.1. The van der Waals surface area contributed by atoms with Crippen LogP contribution in [-0.2, 0) is 24.1 Å². The SMILES string of the molecule is O=C(CSc1nc(CN2CCOCC2)nc2ccccc12)c1ccc2c(c1)CCCC2. The van der Waals surface area contributed by atoms with Crippen molar-refractivity contribution >= 4 is 28.4 Å². The van der Waals surface area contributed by atoms with Gasteiger partial charge in [0.25, 0.3) is 0 Å². The molecule has 2 aliphatic rings. The third kappa shape index (κ3) is 4.81. The Bertz CT molecular complexity index is 1100. The molecular formula is C25H27N3O2S. The van der Waals surface area contributed by atoms with Crippen molar-refractivity contribution in [2.75, 3.05) is 32.1 Å². The Hall–Kier alpha value is -2.28. The fourth-order valence-corrected chi connectivity index (χ4v) is 5.29. The molecule has 5 nitrogen and oxygen atoms in total. The van der Waals surface area contributed by atoms with E-state index in [4.69, 9.17) is 14.7 Å². The van der Waals surface area contributed by atoms with Crippen molar-refractivity contribution < 1.29 is 9.53 Å². The van der Waals surface area contributed by atoms with Gasteiger partial charge in [-0.05, 0) is 48.9 Å². The molecule has 0 saturated carbocycles. The number of morpholine rings is 1. The van der Waals surface area contributed by atoms with Gasteiger partial charge in [-0.1, -0.05) is 42.1 Å². The molecule has 2 heterocycles. The second-order valence-corrected chi connectivity index (χ2v) is 9.22. The molecular weight excluding hydrogens is 406 g/mol. The molecule has 1 aliphatic heterocycles. The Morgan fingerprint density at radius 2 is 1.81 bits per heavy atom. The average Bonchev–Trinajstić information content (AvgIpc) is 2.82. The lowest BCUT2D eigenvalue weighted by molar-refractivity contribution is 0.0330. The van der Waals surface area contributed by atoms with E-state index in [0.717, 1.165) is 66.5 Å². The summed E-state index contributed by atoms with van der Waals surface area (Å²) in [4.78, 5) is 24.9. The highest BCUT2D eigenvalue weighted by atomic mass is 32.2. The first-order valence-electron chi connectivity index (χ1n) is 11.1. The Morgan fingerprint density at radius 3 is 2.68 bits per heavy atom. The van der Waals surface area contributed by atoms with Gasteiger partial charge in [-0.3, -0.25) is 9.69 Å². The van der Waals surface area contributed by atoms with Crippen LogP contribution in [0.5, 0.6) is 0 Å². The molecule has 0 bridgehead atoms. The number of carbonyl (C=O) groups is 1. The molecule has 1 fully saturated rings. The summed E-state index contributed by atoms with van der Waals surface area (Å²) in [5, 5.41) is 1.90. The number of benzene rings is 2. The number of nitrogens with zero attached hydrogens (tertiary/aromatic N) is 3. The van der Waals surface area contributed by atoms with Crippen LogP contribution in [0.1, 0.15) is 40.2 Å². The van der Waals surface area contributed by atoms with E-state index in [2.05, 4.69) is 17.0 Å². The maximum Gasteiger partial charge on any atom is 0.173 e. The molecule has 1 saturated heterocycles. The van der Waals surface area contributed by atoms with E-state index in [0.29, 0.717) is 12.3 Å². The number of carbonyl (C=O) groups excluding carboxylic acids is 1. The van der Waals surface area contributed by atoms with Crippen molar-refractivity contribution in [2.45, 2.75) is 37.3 Å². The topological polar surface area (TPSA) is 55.3 Å². The normalized spacial score (nSPS) is 16.9. The van der Waals surface area contributed by atoms with E-state index in [-0.39, 0.29) is 5.78 Å². The monoisotopic (exact) mass is 433 g/mol. The number of ketones is 1. The van der Waals surface area contributed by atoms with E-state index in [1.807, 2.05) is 30.3 Å². The van der Waals surface area contributed by atoms with Crippen LogP contribution in [0.15, 0.2) is 47.5 Å². The Morgan fingerprint density at radius 1 is 1.00 bits per heavy atom. The smallest absolute Gasteiger partial charge is 0.173 e. The van der Waals surface area contributed by atoms with E-state index in [9.17, 15) is 4.79 Å². The van der Waals surface area contributed by atoms with Crippen molar-refractivity contribution in [3.63, 3.8) is 0 Å². The molecule has 0 unspecified atom stereocenters. The molecule has 31 heavy (non-hydrogen) atoms. The predicted molar refractivity (Wildman–Crippen MR) is 124 cm³/mol. The average molecular weight is 434 g/mol.